The molecule has 0 saturated heterocycles. The molecule has 6 heteroatoms. The first-order chi connectivity index (χ1) is 8.99. The summed E-state index contributed by atoms with van der Waals surface area (Å²) in [6.07, 6.45) is 1.77. The van der Waals surface area contributed by atoms with Crippen LogP contribution in [0.2, 0.25) is 0 Å². The maximum absolute atomic E-state index is 11.2. The average Bonchev–Trinajstić information content (AvgIpc) is 2.40. The van der Waals surface area contributed by atoms with Crippen LogP contribution < -0.4 is 10.1 Å². The van der Waals surface area contributed by atoms with Gasteiger partial charge >= 0.3 is 5.97 Å². The highest BCUT2D eigenvalue weighted by atomic mass is 79.9. The molecule has 0 aliphatic heterocycles. The fourth-order valence-corrected chi connectivity index (χ4v) is 2.68. The summed E-state index contributed by atoms with van der Waals surface area (Å²) in [6.45, 7) is 2.23. The number of carbonyl (C=O) groups is 1. The van der Waals surface area contributed by atoms with Crippen LogP contribution in [0.1, 0.15) is 6.92 Å². The van der Waals surface area contributed by atoms with Gasteiger partial charge < -0.3 is 14.8 Å². The van der Waals surface area contributed by atoms with Gasteiger partial charge in [0.1, 0.15) is 5.75 Å². The summed E-state index contributed by atoms with van der Waals surface area (Å²) in [5.41, 5.74) is 1.45. The van der Waals surface area contributed by atoms with E-state index in [-0.39, 0.29) is 5.97 Å². The molecule has 1 aromatic rings. The van der Waals surface area contributed by atoms with Crippen molar-refractivity contribution in [3.05, 3.63) is 32.7 Å². The minimum absolute atomic E-state index is 0.325. The lowest BCUT2D eigenvalue weighted by Gasteiger charge is -2.10. The lowest BCUT2D eigenvalue weighted by atomic mass is 10.2. The Balaban J connectivity index is 2.76. The van der Waals surface area contributed by atoms with Gasteiger partial charge in [0.2, 0.25) is 0 Å². The molecule has 4 nitrogen and oxygen atoms in total. The third-order valence-electron chi connectivity index (χ3n) is 2.45. The molecule has 0 heterocycles. The molecule has 104 valence electrons. The van der Waals surface area contributed by atoms with Gasteiger partial charge in [0.15, 0.2) is 0 Å². The molecular weight excluding hydrogens is 378 g/mol. The van der Waals surface area contributed by atoms with E-state index in [0.717, 1.165) is 20.4 Å². The zero-order chi connectivity index (χ0) is 14.4. The van der Waals surface area contributed by atoms with Gasteiger partial charge in [0, 0.05) is 22.7 Å². The number of rotatable bonds is 5. The Labute approximate surface area is 129 Å². The van der Waals surface area contributed by atoms with Crippen molar-refractivity contribution in [3.63, 3.8) is 0 Å². The lowest BCUT2D eigenvalue weighted by Crippen LogP contribution is -2.06. The van der Waals surface area contributed by atoms with Gasteiger partial charge in [-0.3, -0.25) is 0 Å². The molecule has 0 amide bonds. The third kappa shape index (κ3) is 4.54. The number of hydrogen-bond acceptors (Lipinski definition) is 4. The summed E-state index contributed by atoms with van der Waals surface area (Å²) in [6, 6.07) is 3.77. The molecular formula is C13H15Br2NO3. The molecule has 0 radical (unpaired) electrons. The number of ether oxygens (including phenoxy) is 2. The minimum atomic E-state index is -0.325. The molecule has 1 N–H and O–H groups in total. The largest absolute Gasteiger partial charge is 0.495 e. The van der Waals surface area contributed by atoms with Gasteiger partial charge in [-0.2, -0.15) is 0 Å². The van der Waals surface area contributed by atoms with Crippen LogP contribution in [0.15, 0.2) is 32.7 Å². The van der Waals surface area contributed by atoms with Crippen LogP contribution in [0.25, 0.3) is 0 Å². The number of methoxy groups -OCH3 is 2. The Morgan fingerprint density at radius 1 is 1.32 bits per heavy atom. The second-order valence-electron chi connectivity index (χ2n) is 3.73. The van der Waals surface area contributed by atoms with E-state index in [9.17, 15) is 4.79 Å². The molecule has 0 fully saturated rings. The van der Waals surface area contributed by atoms with E-state index in [0.29, 0.717) is 12.1 Å². The van der Waals surface area contributed by atoms with Crippen LogP contribution in [-0.2, 0) is 9.53 Å². The van der Waals surface area contributed by atoms with E-state index in [2.05, 4.69) is 41.9 Å². The van der Waals surface area contributed by atoms with Crippen LogP contribution in [0.5, 0.6) is 5.75 Å². The summed E-state index contributed by atoms with van der Waals surface area (Å²) < 4.78 is 11.6. The maximum Gasteiger partial charge on any atom is 0.333 e. The number of carbonyl (C=O) groups excluding carboxylic acids is 1. The molecule has 0 spiro atoms. The van der Waals surface area contributed by atoms with Crippen molar-refractivity contribution in [1.29, 1.82) is 0 Å². The van der Waals surface area contributed by atoms with Crippen molar-refractivity contribution in [2.24, 2.45) is 0 Å². The number of nitrogens with one attached hydrogen (secondary N) is 1. The van der Waals surface area contributed by atoms with E-state index in [4.69, 9.17) is 4.74 Å². The first-order valence-corrected chi connectivity index (χ1v) is 7.10. The van der Waals surface area contributed by atoms with Crippen LogP contribution in [0, 0.1) is 0 Å². The van der Waals surface area contributed by atoms with E-state index < -0.39 is 0 Å². The maximum atomic E-state index is 11.2. The number of esters is 1. The second kappa shape index (κ2) is 7.55. The SMILES string of the molecule is COC(=O)/C(C)=C/CNc1cc(OC)c(Br)cc1Br. The van der Waals surface area contributed by atoms with Crippen molar-refractivity contribution < 1.29 is 14.3 Å². The molecule has 0 unspecified atom stereocenters. The molecule has 19 heavy (non-hydrogen) atoms. The highest BCUT2D eigenvalue weighted by Crippen LogP contribution is 2.34. The zero-order valence-electron chi connectivity index (χ0n) is 10.9. The third-order valence-corrected chi connectivity index (χ3v) is 3.73. The van der Waals surface area contributed by atoms with Crippen molar-refractivity contribution in [3.8, 4) is 5.75 Å². The van der Waals surface area contributed by atoms with E-state index >= 15 is 0 Å². The van der Waals surface area contributed by atoms with Crippen molar-refractivity contribution in [2.75, 3.05) is 26.1 Å². The van der Waals surface area contributed by atoms with Gasteiger partial charge in [0.05, 0.1) is 24.4 Å². The molecule has 0 aliphatic carbocycles. The van der Waals surface area contributed by atoms with Gasteiger partial charge in [-0.15, -0.1) is 0 Å². The number of benzene rings is 1. The Bertz CT molecular complexity index is 501. The highest BCUT2D eigenvalue weighted by molar-refractivity contribution is 9.11. The summed E-state index contributed by atoms with van der Waals surface area (Å²) >= 11 is 6.87. The predicted octanol–water partition coefficient (Wildman–Crippen LogP) is 3.75. The van der Waals surface area contributed by atoms with Gasteiger partial charge in [-0.25, -0.2) is 4.79 Å². The van der Waals surface area contributed by atoms with Crippen molar-refractivity contribution in [1.82, 2.24) is 0 Å². The Hall–Kier alpha value is -1.01. The molecule has 1 aromatic carbocycles. The topological polar surface area (TPSA) is 47.6 Å². The van der Waals surface area contributed by atoms with Crippen molar-refractivity contribution in [2.45, 2.75) is 6.92 Å². The van der Waals surface area contributed by atoms with E-state index in [1.54, 1.807) is 20.1 Å². The average molecular weight is 393 g/mol. The molecule has 0 bridgehead atoms. The van der Waals surface area contributed by atoms with Crippen LogP contribution in [0.4, 0.5) is 5.69 Å². The highest BCUT2D eigenvalue weighted by Gasteiger charge is 2.07. The van der Waals surface area contributed by atoms with E-state index in [1.165, 1.54) is 7.11 Å². The van der Waals surface area contributed by atoms with Gasteiger partial charge in [0.25, 0.3) is 0 Å². The number of hydrogen-bond donors (Lipinski definition) is 1. The summed E-state index contributed by atoms with van der Waals surface area (Å²) in [4.78, 5) is 11.2. The molecule has 0 aliphatic rings. The number of anilines is 1. The zero-order valence-corrected chi connectivity index (χ0v) is 14.1. The molecule has 0 saturated carbocycles. The summed E-state index contributed by atoms with van der Waals surface area (Å²) in [7, 11) is 2.97. The van der Waals surface area contributed by atoms with Gasteiger partial charge in [-0.1, -0.05) is 6.08 Å². The number of halogens is 2. The Morgan fingerprint density at radius 2 is 2.00 bits per heavy atom. The monoisotopic (exact) mass is 391 g/mol. The summed E-state index contributed by atoms with van der Waals surface area (Å²) in [5, 5.41) is 3.19. The Morgan fingerprint density at radius 3 is 2.58 bits per heavy atom. The van der Waals surface area contributed by atoms with Crippen molar-refractivity contribution >= 4 is 43.5 Å². The predicted molar refractivity (Wildman–Crippen MR) is 82.7 cm³/mol. The lowest BCUT2D eigenvalue weighted by molar-refractivity contribution is -0.136. The summed E-state index contributed by atoms with van der Waals surface area (Å²) in [5.74, 6) is 0.411. The molecule has 1 rings (SSSR count). The molecule has 0 atom stereocenters. The van der Waals surface area contributed by atoms with Crippen LogP contribution in [0.3, 0.4) is 0 Å². The van der Waals surface area contributed by atoms with Crippen LogP contribution >= 0.6 is 31.9 Å². The Kier molecular flexibility index (Phi) is 6.37. The smallest absolute Gasteiger partial charge is 0.333 e. The molecule has 0 aromatic heterocycles. The van der Waals surface area contributed by atoms with Gasteiger partial charge in [-0.05, 0) is 44.8 Å². The minimum Gasteiger partial charge on any atom is -0.495 e. The van der Waals surface area contributed by atoms with E-state index in [1.807, 2.05) is 12.1 Å². The quantitative estimate of drug-likeness (QED) is 0.612. The normalized spacial score (nSPS) is 11.1. The standard InChI is InChI=1S/C13H15Br2NO3/c1-8(13(17)19-3)4-5-16-11-7-12(18-2)10(15)6-9(11)14/h4,6-7,16H,5H2,1-3H3/b8-4+. The second-order valence-corrected chi connectivity index (χ2v) is 5.43. The fourth-order valence-electron chi connectivity index (χ4n) is 1.38. The first kappa shape index (κ1) is 16.0. The first-order valence-electron chi connectivity index (χ1n) is 5.51. The fraction of sp³-hybridized carbons (Fsp3) is 0.308. The van der Waals surface area contributed by atoms with Crippen LogP contribution in [-0.4, -0.2) is 26.7 Å².